The van der Waals surface area contributed by atoms with Gasteiger partial charge < -0.3 is 10.4 Å². The lowest BCUT2D eigenvalue weighted by atomic mass is 9.71. The van der Waals surface area contributed by atoms with Crippen molar-refractivity contribution in [2.45, 2.75) is 96.9 Å². The van der Waals surface area contributed by atoms with E-state index in [0.717, 1.165) is 25.7 Å². The van der Waals surface area contributed by atoms with Gasteiger partial charge >= 0.3 is 0 Å². The summed E-state index contributed by atoms with van der Waals surface area (Å²) in [6.45, 7) is 14.8. The molecular weight excluding hydrogens is 378 g/mol. The number of hydrogen-bond acceptors (Lipinski definition) is 7. The highest BCUT2D eigenvalue weighted by Gasteiger charge is 2.48. The number of aromatic nitrogens is 3. The Morgan fingerprint density at radius 3 is 2.39 bits per heavy atom. The van der Waals surface area contributed by atoms with E-state index in [4.69, 9.17) is 16.4 Å². The van der Waals surface area contributed by atoms with Gasteiger partial charge in [0.1, 0.15) is 6.33 Å². The maximum absolute atomic E-state index is 10.1. The topological polar surface area (TPSA) is 83.4 Å². The predicted octanol–water partition coefficient (Wildman–Crippen LogP) is 4.08. The minimum atomic E-state index is -0.868. The Kier molecular flexibility index (Phi) is 7.29. The first-order valence-electron chi connectivity index (χ1n) is 10.1. The summed E-state index contributed by atoms with van der Waals surface area (Å²) in [4.78, 5) is 18.4. The third-order valence-electron chi connectivity index (χ3n) is 5.20. The number of piperidine rings is 1. The summed E-state index contributed by atoms with van der Waals surface area (Å²) in [7, 11) is 0. The SMILES string of the molecule is CCCC(Nc1ncnc(Cl)n1)C1CC(C)(C)N(OCC(C)(C)O)C(C)(C)C1. The number of hydrogen-bond donors (Lipinski definition) is 2. The second kappa shape index (κ2) is 8.78. The second-order valence-electron chi connectivity index (χ2n) is 9.79. The largest absolute Gasteiger partial charge is 0.388 e. The van der Waals surface area contributed by atoms with Crippen LogP contribution < -0.4 is 5.32 Å². The van der Waals surface area contributed by atoms with Gasteiger partial charge in [0.15, 0.2) is 0 Å². The molecule has 1 fully saturated rings. The number of hydroxylamine groups is 2. The van der Waals surface area contributed by atoms with Crippen LogP contribution in [0.3, 0.4) is 0 Å². The van der Waals surface area contributed by atoms with Gasteiger partial charge in [-0.25, -0.2) is 9.97 Å². The smallest absolute Gasteiger partial charge is 0.227 e. The van der Waals surface area contributed by atoms with Crippen LogP contribution in [0.4, 0.5) is 5.95 Å². The van der Waals surface area contributed by atoms with E-state index < -0.39 is 5.60 Å². The lowest BCUT2D eigenvalue weighted by Gasteiger charge is -2.55. The number of nitrogens with one attached hydrogen (secondary N) is 1. The standard InChI is InChI=1S/C20H36ClN5O2/c1-8-9-15(24-17-23-13-22-16(21)25-17)14-10-18(2,3)26(19(4,5)11-14)28-12-20(6,7)27/h13-15,27H,8-12H2,1-7H3,(H,22,23,24,25). The summed E-state index contributed by atoms with van der Waals surface area (Å²) < 4.78 is 0. The van der Waals surface area contributed by atoms with E-state index in [2.05, 4.69) is 60.0 Å². The van der Waals surface area contributed by atoms with Crippen molar-refractivity contribution in [1.82, 2.24) is 20.0 Å². The fourth-order valence-electron chi connectivity index (χ4n) is 4.45. The Morgan fingerprint density at radius 1 is 1.29 bits per heavy atom. The molecule has 0 aliphatic carbocycles. The lowest BCUT2D eigenvalue weighted by Crippen LogP contribution is -2.62. The van der Waals surface area contributed by atoms with Crippen LogP contribution in [-0.4, -0.2) is 54.4 Å². The molecule has 2 rings (SSSR count). The van der Waals surface area contributed by atoms with Gasteiger partial charge in [0.25, 0.3) is 0 Å². The molecule has 7 nitrogen and oxygen atoms in total. The fraction of sp³-hybridized carbons (Fsp3) is 0.850. The number of nitrogens with zero attached hydrogens (tertiary/aromatic N) is 4. The van der Waals surface area contributed by atoms with E-state index >= 15 is 0 Å². The number of anilines is 1. The monoisotopic (exact) mass is 413 g/mol. The summed E-state index contributed by atoms with van der Waals surface area (Å²) in [5.74, 6) is 0.942. The van der Waals surface area contributed by atoms with Crippen molar-refractivity contribution < 1.29 is 9.94 Å². The minimum absolute atomic E-state index is 0.178. The molecule has 0 saturated carbocycles. The van der Waals surface area contributed by atoms with Crippen LogP contribution in [0.1, 0.15) is 74.1 Å². The Balaban J connectivity index is 2.18. The van der Waals surface area contributed by atoms with Crippen molar-refractivity contribution in [3.8, 4) is 0 Å². The van der Waals surface area contributed by atoms with Crippen LogP contribution in [-0.2, 0) is 4.84 Å². The second-order valence-corrected chi connectivity index (χ2v) is 10.1. The zero-order valence-corrected chi connectivity index (χ0v) is 19.0. The van der Waals surface area contributed by atoms with Crippen molar-refractivity contribution in [2.24, 2.45) is 5.92 Å². The number of aliphatic hydroxyl groups is 1. The Labute approximate surface area is 174 Å². The van der Waals surface area contributed by atoms with Crippen LogP contribution >= 0.6 is 11.6 Å². The first-order valence-corrected chi connectivity index (χ1v) is 10.5. The zero-order chi connectivity index (χ0) is 21.2. The summed E-state index contributed by atoms with van der Waals surface area (Å²) >= 11 is 5.93. The molecule has 0 aromatic carbocycles. The van der Waals surface area contributed by atoms with E-state index in [1.807, 2.05) is 0 Å². The van der Waals surface area contributed by atoms with Gasteiger partial charge in [-0.15, -0.1) is 0 Å². The van der Waals surface area contributed by atoms with Gasteiger partial charge in [-0.2, -0.15) is 10.0 Å². The summed E-state index contributed by atoms with van der Waals surface area (Å²) in [6.07, 6.45) is 5.43. The van der Waals surface area contributed by atoms with E-state index in [-0.39, 0.29) is 29.0 Å². The van der Waals surface area contributed by atoms with Gasteiger partial charge in [0.05, 0.1) is 12.2 Å². The minimum Gasteiger partial charge on any atom is -0.388 e. The molecule has 1 aliphatic rings. The molecular formula is C20H36ClN5O2. The summed E-state index contributed by atoms with van der Waals surface area (Å²) in [5, 5.41) is 15.9. The highest BCUT2D eigenvalue weighted by atomic mass is 35.5. The third-order valence-corrected chi connectivity index (χ3v) is 5.38. The van der Waals surface area contributed by atoms with Gasteiger partial charge in [-0.3, -0.25) is 4.84 Å². The molecule has 1 aliphatic heterocycles. The molecule has 1 atom stereocenters. The fourth-order valence-corrected chi connectivity index (χ4v) is 4.57. The Hall–Kier alpha value is -1.02. The number of rotatable bonds is 8. The number of halogens is 1. The molecule has 0 bridgehead atoms. The van der Waals surface area contributed by atoms with Gasteiger partial charge in [0, 0.05) is 17.1 Å². The molecule has 0 radical (unpaired) electrons. The summed E-state index contributed by atoms with van der Waals surface area (Å²) in [6, 6.07) is 0.235. The molecule has 0 spiro atoms. The maximum atomic E-state index is 10.1. The Morgan fingerprint density at radius 2 is 1.89 bits per heavy atom. The van der Waals surface area contributed by atoms with Crippen molar-refractivity contribution in [1.29, 1.82) is 0 Å². The first-order chi connectivity index (χ1) is 12.8. The van der Waals surface area contributed by atoms with Crippen molar-refractivity contribution in [3.63, 3.8) is 0 Å². The average molecular weight is 414 g/mol. The Bertz CT molecular complexity index is 630. The average Bonchev–Trinajstić information content (AvgIpc) is 2.51. The van der Waals surface area contributed by atoms with Gasteiger partial charge in [-0.05, 0) is 78.3 Å². The highest BCUT2D eigenvalue weighted by Crippen LogP contribution is 2.44. The van der Waals surface area contributed by atoms with Crippen LogP contribution in [0, 0.1) is 5.92 Å². The summed E-state index contributed by atoms with van der Waals surface area (Å²) in [5.41, 5.74) is -1.22. The lowest BCUT2D eigenvalue weighted by molar-refractivity contribution is -0.303. The quantitative estimate of drug-likeness (QED) is 0.664. The van der Waals surface area contributed by atoms with Crippen LogP contribution in [0.15, 0.2) is 6.33 Å². The van der Waals surface area contributed by atoms with Gasteiger partial charge in [0.2, 0.25) is 11.2 Å². The van der Waals surface area contributed by atoms with Crippen molar-refractivity contribution >= 4 is 17.5 Å². The van der Waals surface area contributed by atoms with Crippen molar-refractivity contribution in [3.05, 3.63) is 11.6 Å². The van der Waals surface area contributed by atoms with E-state index in [9.17, 15) is 5.11 Å². The molecule has 1 aromatic heterocycles. The molecule has 0 amide bonds. The van der Waals surface area contributed by atoms with E-state index in [1.165, 1.54) is 6.33 Å². The van der Waals surface area contributed by atoms with Crippen molar-refractivity contribution in [2.75, 3.05) is 11.9 Å². The van der Waals surface area contributed by atoms with Crippen LogP contribution in [0.2, 0.25) is 5.28 Å². The first kappa shape index (κ1) is 23.3. The normalized spacial score (nSPS) is 21.5. The third kappa shape index (κ3) is 6.24. The molecule has 1 unspecified atom stereocenters. The molecule has 1 saturated heterocycles. The molecule has 8 heteroatoms. The maximum Gasteiger partial charge on any atom is 0.227 e. The molecule has 2 N–H and O–H groups in total. The van der Waals surface area contributed by atoms with E-state index in [1.54, 1.807) is 13.8 Å². The van der Waals surface area contributed by atoms with Crippen LogP contribution in [0.25, 0.3) is 0 Å². The van der Waals surface area contributed by atoms with Crippen LogP contribution in [0.5, 0.6) is 0 Å². The zero-order valence-electron chi connectivity index (χ0n) is 18.3. The molecule has 160 valence electrons. The molecule has 28 heavy (non-hydrogen) atoms. The molecule has 1 aromatic rings. The highest BCUT2D eigenvalue weighted by molar-refractivity contribution is 6.28. The van der Waals surface area contributed by atoms with E-state index in [0.29, 0.717) is 11.9 Å². The predicted molar refractivity (Wildman–Crippen MR) is 112 cm³/mol. The molecule has 2 heterocycles. The van der Waals surface area contributed by atoms with Gasteiger partial charge in [-0.1, -0.05) is 13.3 Å².